The number of carbonyl (C=O) groups is 1. The number of hydrogen-bond acceptors (Lipinski definition) is 3. The number of hydrogen-bond donors (Lipinski definition) is 1. The van der Waals surface area contributed by atoms with Crippen molar-refractivity contribution in [2.45, 2.75) is 64.8 Å². The molecule has 178 valence electrons. The van der Waals surface area contributed by atoms with E-state index in [4.69, 9.17) is 33.1 Å². The maximum atomic E-state index is 11.0. The maximum Gasteiger partial charge on any atom is 0.331 e. The molecule has 2 aromatic carbocycles. The van der Waals surface area contributed by atoms with Crippen LogP contribution in [0.4, 0.5) is 0 Å². The highest BCUT2D eigenvalue weighted by molar-refractivity contribution is 6.42. The zero-order valence-electron chi connectivity index (χ0n) is 19.3. The van der Waals surface area contributed by atoms with Gasteiger partial charge in [0.15, 0.2) is 6.61 Å². The van der Waals surface area contributed by atoms with E-state index in [9.17, 15) is 4.79 Å². The van der Waals surface area contributed by atoms with Gasteiger partial charge in [0, 0.05) is 25.1 Å². The molecule has 0 aliphatic carbocycles. The van der Waals surface area contributed by atoms with Crippen LogP contribution >= 0.6 is 23.2 Å². The lowest BCUT2D eigenvalue weighted by Gasteiger charge is -2.21. The topological polar surface area (TPSA) is 49.8 Å². The Balaban J connectivity index is 1.86. The van der Waals surface area contributed by atoms with Crippen LogP contribution in [0.5, 0.6) is 0 Å². The lowest BCUT2D eigenvalue weighted by molar-refractivity contribution is -0.185. The lowest BCUT2D eigenvalue weighted by atomic mass is 10.1. The quantitative estimate of drug-likeness (QED) is 0.174. The summed E-state index contributed by atoms with van der Waals surface area (Å²) in [5, 5.41) is 11.7. The van der Waals surface area contributed by atoms with Crippen molar-refractivity contribution in [2.24, 2.45) is 0 Å². The van der Waals surface area contributed by atoms with Crippen molar-refractivity contribution in [1.29, 1.82) is 0 Å². The molecule has 0 heterocycles. The minimum absolute atomic E-state index is 0.386. The molecule has 0 unspecified atom stereocenters. The molecule has 0 bridgehead atoms. The van der Waals surface area contributed by atoms with Crippen molar-refractivity contribution in [3.63, 3.8) is 0 Å². The van der Waals surface area contributed by atoms with Gasteiger partial charge in [-0.25, -0.2) is 4.79 Å². The Morgan fingerprint density at radius 3 is 2.36 bits per heavy atom. The van der Waals surface area contributed by atoms with E-state index in [0.29, 0.717) is 29.6 Å². The third-order valence-electron chi connectivity index (χ3n) is 5.21. The molecule has 0 saturated heterocycles. The highest BCUT2D eigenvalue weighted by Crippen LogP contribution is 2.23. The van der Waals surface area contributed by atoms with Gasteiger partial charge in [-0.3, -0.25) is 4.84 Å². The first kappa shape index (κ1) is 27.2. The number of unbranched alkanes of at least 4 members (excludes halogenated alkanes) is 6. The molecule has 0 atom stereocenters. The van der Waals surface area contributed by atoms with E-state index in [1.165, 1.54) is 32.1 Å². The summed E-state index contributed by atoms with van der Waals surface area (Å²) in [6, 6.07) is 13.5. The number of hydroxylamine groups is 2. The standard InChI is InChI=1S/C27H33Cl2NO3/c1-2-3-4-5-6-7-8-9-10-22-11-13-24(14-12-22)20-30(33-21-27(31)32)18-17-23-15-16-25(28)26(29)19-23/h11-16,19H,2-8,17-18,20-21H2,1H3,(H,31,32). The summed E-state index contributed by atoms with van der Waals surface area (Å²) < 4.78 is 0. The van der Waals surface area contributed by atoms with E-state index in [0.717, 1.165) is 29.5 Å². The maximum absolute atomic E-state index is 11.0. The Morgan fingerprint density at radius 1 is 0.970 bits per heavy atom. The Hall–Kier alpha value is -2.03. The fourth-order valence-electron chi connectivity index (χ4n) is 3.34. The number of carboxylic acids is 1. The zero-order chi connectivity index (χ0) is 23.9. The number of nitrogens with zero attached hydrogens (tertiary/aromatic N) is 1. The predicted octanol–water partition coefficient (Wildman–Crippen LogP) is 7.16. The fraction of sp³-hybridized carbons (Fsp3) is 0.444. The van der Waals surface area contributed by atoms with Gasteiger partial charge in [-0.1, -0.05) is 92.3 Å². The summed E-state index contributed by atoms with van der Waals surface area (Å²) in [4.78, 5) is 16.5. The van der Waals surface area contributed by atoms with E-state index in [1.807, 2.05) is 36.4 Å². The molecular weight excluding hydrogens is 457 g/mol. The second-order valence-corrected chi connectivity index (χ2v) is 8.86. The average Bonchev–Trinajstić information content (AvgIpc) is 2.80. The molecule has 0 fully saturated rings. The van der Waals surface area contributed by atoms with Gasteiger partial charge >= 0.3 is 5.97 Å². The van der Waals surface area contributed by atoms with Gasteiger partial charge in [0.2, 0.25) is 0 Å². The number of aliphatic carboxylic acids is 1. The van der Waals surface area contributed by atoms with E-state index in [2.05, 4.69) is 18.8 Å². The van der Waals surface area contributed by atoms with Crippen LogP contribution in [-0.4, -0.2) is 29.3 Å². The normalized spacial score (nSPS) is 10.8. The fourth-order valence-corrected chi connectivity index (χ4v) is 3.66. The number of benzene rings is 2. The molecule has 0 aliphatic heterocycles. The number of halogens is 2. The Kier molecular flexibility index (Phi) is 13.0. The molecule has 0 radical (unpaired) electrons. The molecule has 0 saturated carbocycles. The molecule has 4 nitrogen and oxygen atoms in total. The van der Waals surface area contributed by atoms with Crippen molar-refractivity contribution in [3.8, 4) is 11.8 Å². The van der Waals surface area contributed by atoms with Crippen LogP contribution in [0.1, 0.15) is 68.6 Å². The van der Waals surface area contributed by atoms with Crippen molar-refractivity contribution in [2.75, 3.05) is 13.2 Å². The molecule has 0 amide bonds. The van der Waals surface area contributed by atoms with Gasteiger partial charge in [-0.15, -0.1) is 0 Å². The molecule has 1 N–H and O–H groups in total. The molecular formula is C27H33Cl2NO3. The average molecular weight is 490 g/mol. The minimum atomic E-state index is -1.01. The van der Waals surface area contributed by atoms with E-state index < -0.39 is 5.97 Å². The SMILES string of the molecule is CCCCCCCCC#Cc1ccc(CN(CCc2ccc(Cl)c(Cl)c2)OCC(=O)O)cc1. The highest BCUT2D eigenvalue weighted by atomic mass is 35.5. The van der Waals surface area contributed by atoms with Crippen molar-refractivity contribution < 1.29 is 14.7 Å². The van der Waals surface area contributed by atoms with Gasteiger partial charge in [-0.05, 0) is 48.2 Å². The third-order valence-corrected chi connectivity index (χ3v) is 5.94. The highest BCUT2D eigenvalue weighted by Gasteiger charge is 2.10. The lowest BCUT2D eigenvalue weighted by Crippen LogP contribution is -2.28. The Morgan fingerprint density at radius 2 is 1.67 bits per heavy atom. The molecule has 2 aromatic rings. The monoisotopic (exact) mass is 489 g/mol. The van der Waals surface area contributed by atoms with Crippen molar-refractivity contribution in [1.82, 2.24) is 5.06 Å². The summed E-state index contributed by atoms with van der Waals surface area (Å²) in [7, 11) is 0. The van der Waals surface area contributed by atoms with Crippen molar-refractivity contribution in [3.05, 3.63) is 69.2 Å². The van der Waals surface area contributed by atoms with Gasteiger partial charge in [0.25, 0.3) is 0 Å². The molecule has 6 heteroatoms. The second-order valence-electron chi connectivity index (χ2n) is 8.05. The first-order valence-corrected chi connectivity index (χ1v) is 12.3. The third kappa shape index (κ3) is 11.6. The van der Waals surface area contributed by atoms with Crippen LogP contribution in [0.25, 0.3) is 0 Å². The van der Waals surface area contributed by atoms with Crippen LogP contribution < -0.4 is 0 Å². The minimum Gasteiger partial charge on any atom is -0.479 e. The van der Waals surface area contributed by atoms with Gasteiger partial charge < -0.3 is 5.11 Å². The first-order chi connectivity index (χ1) is 16.0. The molecule has 33 heavy (non-hydrogen) atoms. The second kappa shape index (κ2) is 15.7. The van der Waals surface area contributed by atoms with Gasteiger partial charge in [0.1, 0.15) is 0 Å². The van der Waals surface area contributed by atoms with Crippen LogP contribution in [-0.2, 0) is 22.6 Å². The molecule has 0 spiro atoms. The Labute approximate surface area is 207 Å². The molecule has 2 rings (SSSR count). The van der Waals surface area contributed by atoms with E-state index in [1.54, 1.807) is 11.1 Å². The van der Waals surface area contributed by atoms with Crippen LogP contribution in [0.3, 0.4) is 0 Å². The number of carboxylic acid groups (broad SMARTS) is 1. The predicted molar refractivity (Wildman–Crippen MR) is 135 cm³/mol. The van der Waals surface area contributed by atoms with E-state index in [-0.39, 0.29) is 6.61 Å². The van der Waals surface area contributed by atoms with Crippen LogP contribution in [0.2, 0.25) is 10.0 Å². The van der Waals surface area contributed by atoms with Crippen molar-refractivity contribution >= 4 is 29.2 Å². The van der Waals surface area contributed by atoms with Gasteiger partial charge in [0.05, 0.1) is 10.0 Å². The molecule has 0 aromatic heterocycles. The largest absolute Gasteiger partial charge is 0.479 e. The first-order valence-electron chi connectivity index (χ1n) is 11.6. The summed E-state index contributed by atoms with van der Waals surface area (Å²) in [5.41, 5.74) is 3.01. The Bertz CT molecular complexity index is 919. The summed E-state index contributed by atoms with van der Waals surface area (Å²) in [6.45, 7) is 2.84. The van der Waals surface area contributed by atoms with Gasteiger partial charge in [-0.2, -0.15) is 5.06 Å². The smallest absolute Gasteiger partial charge is 0.331 e. The van der Waals surface area contributed by atoms with Crippen LogP contribution in [0.15, 0.2) is 42.5 Å². The molecule has 0 aliphatic rings. The summed E-state index contributed by atoms with van der Waals surface area (Å²) in [6.07, 6.45) is 9.22. The number of rotatable bonds is 14. The summed E-state index contributed by atoms with van der Waals surface area (Å²) >= 11 is 12.1. The summed E-state index contributed by atoms with van der Waals surface area (Å²) in [5.74, 6) is 5.48. The van der Waals surface area contributed by atoms with E-state index >= 15 is 0 Å². The van der Waals surface area contributed by atoms with Crippen LogP contribution in [0, 0.1) is 11.8 Å². The zero-order valence-corrected chi connectivity index (χ0v) is 20.8.